The van der Waals surface area contributed by atoms with Crippen LogP contribution in [0.5, 0.6) is 0 Å². The molecule has 0 saturated carbocycles. The lowest BCUT2D eigenvalue weighted by molar-refractivity contribution is -0.144. The highest BCUT2D eigenvalue weighted by Gasteiger charge is 2.47. The van der Waals surface area contributed by atoms with Crippen molar-refractivity contribution in [2.45, 2.75) is 55.2 Å². The van der Waals surface area contributed by atoms with Gasteiger partial charge in [-0.3, -0.25) is 4.79 Å². The summed E-state index contributed by atoms with van der Waals surface area (Å²) in [5.74, 6) is 1.17. The van der Waals surface area contributed by atoms with Crippen LogP contribution in [0.15, 0.2) is 127 Å². The molecule has 0 fully saturated rings. The van der Waals surface area contributed by atoms with Crippen molar-refractivity contribution in [3.05, 3.63) is 189 Å². The highest BCUT2D eigenvalue weighted by atomic mass is 32.2. The Morgan fingerprint density at radius 3 is 0.747 bits per heavy atom. The molecule has 0 unspecified atom stereocenters. The molecule has 6 rings (SSSR count). The molecule has 0 aliphatic carbocycles. The summed E-state index contributed by atoms with van der Waals surface area (Å²) < 4.78 is 341. The van der Waals surface area contributed by atoms with Crippen LogP contribution in [0.25, 0.3) is 0 Å². The third-order valence-electron chi connectivity index (χ3n) is 11.1. The second-order valence-electron chi connectivity index (χ2n) is 16.7. The van der Waals surface area contributed by atoms with E-state index in [2.05, 4.69) is 24.6 Å². The standard InChI is InChI=1S/C32H12BF24.C16H17OS/c34-25(35,36)13-1-14(26(37,38)39)6-21(5-13)33(22-7-15(27(40,41)42)2-16(8-22)28(43,44)45,23-9-17(29(46,47)48)3-18(10-23)30(49,50)51)24-11-19(31(52,53)54)4-20(12-24)32(55,56)57;1-18(2)12-13-8-10-15(11-9-13)16(17)14-6-4-3-5-7-14/h1-12H;3-11H,12H2,1-2H3/q-1;+1. The smallest absolute Gasteiger partial charge is 0.289 e. The fourth-order valence-electron chi connectivity index (χ4n) is 7.91. The lowest BCUT2D eigenvalue weighted by Crippen LogP contribution is -2.75. The van der Waals surface area contributed by atoms with Gasteiger partial charge in [-0.2, -0.15) is 127 Å². The minimum Gasteiger partial charge on any atom is -0.289 e. The summed E-state index contributed by atoms with van der Waals surface area (Å²) in [6.07, 6.45) is -50.4. The van der Waals surface area contributed by atoms with E-state index in [0.29, 0.717) is 10.9 Å². The lowest BCUT2D eigenvalue weighted by atomic mass is 9.12. The maximum atomic E-state index is 14.2. The van der Waals surface area contributed by atoms with Crippen LogP contribution >= 0.6 is 0 Å². The highest BCUT2D eigenvalue weighted by Crippen LogP contribution is 2.41. The molecule has 6 aromatic rings. The van der Waals surface area contributed by atoms with Gasteiger partial charge < -0.3 is 0 Å². The van der Waals surface area contributed by atoms with Gasteiger partial charge in [0.2, 0.25) is 0 Å². The van der Waals surface area contributed by atoms with Crippen LogP contribution in [0.2, 0.25) is 0 Å². The molecule has 0 spiro atoms. The largest absolute Gasteiger partial charge is 0.416 e. The van der Waals surface area contributed by atoms with Gasteiger partial charge in [0.15, 0.2) is 5.78 Å². The van der Waals surface area contributed by atoms with E-state index < -0.39 is 195 Å². The molecule has 6 aromatic carbocycles. The number of halogens is 24. The van der Waals surface area contributed by atoms with Crippen LogP contribution in [0.3, 0.4) is 0 Å². The molecule has 0 atom stereocenters. The molecule has 27 heteroatoms. The summed E-state index contributed by atoms with van der Waals surface area (Å²) >= 11 is 0. The average molecular weight is 1120 g/mol. The first kappa shape index (κ1) is 59.6. The molecule has 0 heterocycles. The molecule has 1 nitrogen and oxygen atoms in total. The predicted molar refractivity (Wildman–Crippen MR) is 229 cm³/mol. The monoisotopic (exact) mass is 1120 g/mol. The number of hydrogen-bond acceptors (Lipinski definition) is 1. The van der Waals surface area contributed by atoms with Crippen molar-refractivity contribution < 1.29 is 110 Å². The topological polar surface area (TPSA) is 17.1 Å². The molecular formula is C48H29BF24OS. The summed E-state index contributed by atoms with van der Waals surface area (Å²) in [7, 11) is 0.395. The van der Waals surface area contributed by atoms with Crippen LogP contribution < -0.4 is 21.9 Å². The quantitative estimate of drug-likeness (QED) is 0.0642. The molecule has 0 aliphatic heterocycles. The van der Waals surface area contributed by atoms with Gasteiger partial charge in [0.05, 0.1) is 57.0 Å². The Morgan fingerprint density at radius 1 is 0.333 bits per heavy atom. The van der Waals surface area contributed by atoms with Crippen LogP contribution in [0.4, 0.5) is 105 Å². The minimum atomic E-state index is -6.13. The first-order chi connectivity index (χ1) is 33.9. The number of hydrogen-bond donors (Lipinski definition) is 0. The van der Waals surface area contributed by atoms with Crippen molar-refractivity contribution in [2.24, 2.45) is 0 Å². The van der Waals surface area contributed by atoms with Crippen LogP contribution in [-0.4, -0.2) is 24.4 Å². The van der Waals surface area contributed by atoms with Crippen molar-refractivity contribution in [1.82, 2.24) is 0 Å². The summed E-state index contributed by atoms with van der Waals surface area (Å²) in [6.45, 7) is 0. The van der Waals surface area contributed by atoms with E-state index in [4.69, 9.17) is 0 Å². The minimum absolute atomic E-state index is 0.0918. The van der Waals surface area contributed by atoms with E-state index in [1.165, 1.54) is 5.56 Å². The Balaban J connectivity index is 0.000000483. The van der Waals surface area contributed by atoms with Gasteiger partial charge in [0.1, 0.15) is 11.9 Å². The van der Waals surface area contributed by atoms with Gasteiger partial charge in [-0.05, 0) is 35.2 Å². The van der Waals surface area contributed by atoms with Crippen molar-refractivity contribution in [1.29, 1.82) is 0 Å². The van der Waals surface area contributed by atoms with Crippen LogP contribution in [-0.2, 0) is 66.1 Å². The molecule has 0 saturated heterocycles. The summed E-state index contributed by atoms with van der Waals surface area (Å²) in [5, 5.41) is 0. The van der Waals surface area contributed by atoms with E-state index in [9.17, 15) is 110 Å². The third-order valence-corrected chi connectivity index (χ3v) is 12.1. The first-order valence-electron chi connectivity index (χ1n) is 20.5. The molecule has 0 aliphatic rings. The summed E-state index contributed by atoms with van der Waals surface area (Å²) in [6, 6.07) is 8.57. The zero-order valence-electron chi connectivity index (χ0n) is 37.3. The molecule has 75 heavy (non-hydrogen) atoms. The van der Waals surface area contributed by atoms with Crippen molar-refractivity contribution in [3.8, 4) is 0 Å². The number of rotatable bonds is 8. The van der Waals surface area contributed by atoms with Crippen LogP contribution in [0.1, 0.15) is 66.0 Å². The lowest BCUT2D eigenvalue weighted by Gasteiger charge is -2.46. The predicted octanol–water partition coefficient (Wildman–Crippen LogP) is 14.5. The average Bonchev–Trinajstić information content (AvgIpc) is 3.27. The van der Waals surface area contributed by atoms with Crippen molar-refractivity contribution in [3.63, 3.8) is 0 Å². The van der Waals surface area contributed by atoms with E-state index in [-0.39, 0.29) is 5.78 Å². The Labute approximate surface area is 410 Å². The second-order valence-corrected chi connectivity index (χ2v) is 19.0. The SMILES string of the molecule is C[S+](C)Cc1ccc(C(=O)c2ccccc2)cc1.FC(F)(F)c1cc([B-](c2cc(C(F)(F)F)cc(C(F)(F)F)c2)(c2cc(C(F)(F)F)cc(C(F)(F)F)c2)c2cc(C(F)(F)F)cc(C(F)(F)F)c2)cc(C(F)(F)F)c1. The van der Waals surface area contributed by atoms with Gasteiger partial charge in [-0.15, -0.1) is 0 Å². The van der Waals surface area contributed by atoms with Gasteiger partial charge in [-0.25, -0.2) is 0 Å². The normalized spacial score (nSPS) is 13.4. The van der Waals surface area contributed by atoms with Crippen LogP contribution in [0, 0.1) is 0 Å². The van der Waals surface area contributed by atoms with Gasteiger partial charge in [-0.1, -0.05) is 103 Å². The van der Waals surface area contributed by atoms with E-state index in [1.807, 2.05) is 42.5 Å². The third kappa shape index (κ3) is 14.2. The second kappa shape index (κ2) is 20.7. The van der Waals surface area contributed by atoms with E-state index in [0.717, 1.165) is 16.9 Å². The Hall–Kier alpha value is -6.28. The van der Waals surface area contributed by atoms with E-state index >= 15 is 0 Å². The van der Waals surface area contributed by atoms with Gasteiger partial charge >= 0.3 is 49.4 Å². The number of carbonyl (C=O) groups excluding carboxylic acids is 1. The first-order valence-corrected chi connectivity index (χ1v) is 22.7. The van der Waals surface area contributed by atoms with E-state index in [1.54, 1.807) is 0 Å². The number of benzene rings is 6. The number of alkyl halides is 24. The van der Waals surface area contributed by atoms with Gasteiger partial charge in [0.25, 0.3) is 0 Å². The molecular weight excluding hydrogens is 1090 g/mol. The molecule has 0 bridgehead atoms. The highest BCUT2D eigenvalue weighted by molar-refractivity contribution is 7.94. The molecule has 0 amide bonds. The zero-order chi connectivity index (χ0) is 56.9. The maximum Gasteiger partial charge on any atom is 0.416 e. The molecule has 0 aromatic heterocycles. The maximum absolute atomic E-state index is 14.2. The molecule has 404 valence electrons. The molecule has 0 N–H and O–H groups in total. The number of carbonyl (C=O) groups is 1. The summed E-state index contributed by atoms with van der Waals surface area (Å²) in [5.41, 5.74) is -27.4. The molecule has 0 radical (unpaired) electrons. The number of ketones is 1. The fraction of sp³-hybridized carbons (Fsp3) is 0.229. The summed E-state index contributed by atoms with van der Waals surface area (Å²) in [4.78, 5) is 12.2. The Morgan fingerprint density at radius 2 is 0.547 bits per heavy atom. The fourth-order valence-corrected chi connectivity index (χ4v) is 8.77. The van der Waals surface area contributed by atoms with Gasteiger partial charge in [0, 0.05) is 16.7 Å². The van der Waals surface area contributed by atoms with Crippen molar-refractivity contribution >= 4 is 44.7 Å². The zero-order valence-corrected chi connectivity index (χ0v) is 38.1. The Bertz CT molecular complexity index is 2560. The van der Waals surface area contributed by atoms with Crippen molar-refractivity contribution in [2.75, 3.05) is 12.5 Å². The Kier molecular flexibility index (Phi) is 16.4.